The van der Waals surface area contributed by atoms with Crippen molar-refractivity contribution in [1.82, 2.24) is 5.32 Å². The molecule has 0 unspecified atom stereocenters. The molecule has 1 rings (SSSR count). The SMILES string of the molecule is C=Cc1cccc(NC(=S)CN/C(O)=C/N)c1C=C. The van der Waals surface area contributed by atoms with E-state index < -0.39 is 0 Å². The maximum absolute atomic E-state index is 9.16. The van der Waals surface area contributed by atoms with Crippen LogP contribution < -0.4 is 16.4 Å². The Labute approximate surface area is 118 Å². The number of anilines is 1. The van der Waals surface area contributed by atoms with Crippen molar-refractivity contribution in [3.05, 3.63) is 54.6 Å². The van der Waals surface area contributed by atoms with Crippen molar-refractivity contribution in [1.29, 1.82) is 0 Å². The third-order valence-electron chi connectivity index (χ3n) is 2.43. The number of nitrogens with two attached hydrogens (primary N) is 1. The van der Waals surface area contributed by atoms with Crippen LogP contribution in [0.3, 0.4) is 0 Å². The molecule has 0 amide bonds. The van der Waals surface area contributed by atoms with Crippen LogP contribution in [0.4, 0.5) is 5.69 Å². The van der Waals surface area contributed by atoms with Gasteiger partial charge in [-0.2, -0.15) is 0 Å². The molecule has 0 aliphatic heterocycles. The summed E-state index contributed by atoms with van der Waals surface area (Å²) in [4.78, 5) is 0.526. The van der Waals surface area contributed by atoms with Crippen molar-refractivity contribution in [2.75, 3.05) is 11.9 Å². The topological polar surface area (TPSA) is 70.3 Å². The van der Waals surface area contributed by atoms with Gasteiger partial charge in [0, 0.05) is 11.3 Å². The molecule has 0 aliphatic rings. The van der Waals surface area contributed by atoms with Gasteiger partial charge in [0.05, 0.1) is 17.7 Å². The van der Waals surface area contributed by atoms with Gasteiger partial charge in [-0.25, -0.2) is 0 Å². The summed E-state index contributed by atoms with van der Waals surface area (Å²) < 4.78 is 0. The Balaban J connectivity index is 2.79. The minimum Gasteiger partial charge on any atom is -0.494 e. The van der Waals surface area contributed by atoms with E-state index in [0.29, 0.717) is 4.99 Å². The number of hydrogen-bond acceptors (Lipinski definition) is 4. The van der Waals surface area contributed by atoms with Crippen LogP contribution >= 0.6 is 12.2 Å². The normalized spacial score (nSPS) is 10.6. The Morgan fingerprint density at radius 2 is 2.11 bits per heavy atom. The van der Waals surface area contributed by atoms with Gasteiger partial charge in [0.25, 0.3) is 0 Å². The van der Waals surface area contributed by atoms with Crippen molar-refractivity contribution in [3.8, 4) is 0 Å². The number of nitrogens with one attached hydrogen (secondary N) is 2. The Hall–Kier alpha value is -2.27. The Bertz CT molecular complexity index is 523. The molecule has 0 aromatic heterocycles. The lowest BCUT2D eigenvalue weighted by molar-refractivity contribution is 0.370. The number of aliphatic hydroxyl groups excluding tert-OH is 1. The first kappa shape index (κ1) is 14.8. The number of aliphatic hydroxyl groups is 1. The fourth-order valence-corrected chi connectivity index (χ4v) is 1.70. The van der Waals surface area contributed by atoms with Crippen molar-refractivity contribution in [2.24, 2.45) is 5.73 Å². The zero-order valence-corrected chi connectivity index (χ0v) is 11.3. The van der Waals surface area contributed by atoms with E-state index >= 15 is 0 Å². The molecule has 0 radical (unpaired) electrons. The summed E-state index contributed by atoms with van der Waals surface area (Å²) in [7, 11) is 0. The molecule has 100 valence electrons. The minimum absolute atomic E-state index is 0.118. The van der Waals surface area contributed by atoms with Gasteiger partial charge >= 0.3 is 0 Å². The monoisotopic (exact) mass is 275 g/mol. The third-order valence-corrected chi connectivity index (χ3v) is 2.67. The van der Waals surface area contributed by atoms with Crippen molar-refractivity contribution >= 4 is 35.0 Å². The standard InChI is InChI=1S/C14H17N3OS/c1-3-10-6-5-7-12(11(10)4-2)17-14(19)9-16-13(18)8-15/h3-8,16,18H,1-2,9,15H2,(H,17,19)/b13-8-. The fourth-order valence-electron chi connectivity index (χ4n) is 1.52. The molecule has 0 saturated carbocycles. The van der Waals surface area contributed by atoms with E-state index in [1.165, 1.54) is 0 Å². The summed E-state index contributed by atoms with van der Waals surface area (Å²) in [6.45, 7) is 7.82. The summed E-state index contributed by atoms with van der Waals surface area (Å²) in [5, 5.41) is 14.9. The van der Waals surface area contributed by atoms with Crippen LogP contribution in [-0.2, 0) is 0 Å². The molecule has 0 bridgehead atoms. The van der Waals surface area contributed by atoms with E-state index in [-0.39, 0.29) is 12.4 Å². The zero-order valence-electron chi connectivity index (χ0n) is 10.5. The molecule has 0 spiro atoms. The molecule has 5 N–H and O–H groups in total. The number of thiocarbonyl (C=S) groups is 1. The van der Waals surface area contributed by atoms with E-state index in [2.05, 4.69) is 23.8 Å². The molecule has 0 heterocycles. The van der Waals surface area contributed by atoms with Crippen LogP contribution in [0.15, 0.2) is 43.4 Å². The van der Waals surface area contributed by atoms with Crippen LogP contribution in [-0.4, -0.2) is 16.6 Å². The second-order valence-corrected chi connectivity index (χ2v) is 4.16. The van der Waals surface area contributed by atoms with E-state index in [9.17, 15) is 0 Å². The van der Waals surface area contributed by atoms with Crippen LogP contribution in [0.25, 0.3) is 12.2 Å². The largest absolute Gasteiger partial charge is 0.494 e. The van der Waals surface area contributed by atoms with Crippen LogP contribution in [0, 0.1) is 0 Å². The summed E-state index contributed by atoms with van der Waals surface area (Å²) >= 11 is 5.18. The highest BCUT2D eigenvalue weighted by molar-refractivity contribution is 7.80. The number of benzene rings is 1. The van der Waals surface area contributed by atoms with Gasteiger partial charge in [-0.3, -0.25) is 0 Å². The van der Waals surface area contributed by atoms with E-state index in [0.717, 1.165) is 23.0 Å². The Kier molecular flexibility index (Phi) is 5.63. The lowest BCUT2D eigenvalue weighted by atomic mass is 10.1. The number of hydrogen-bond donors (Lipinski definition) is 4. The molecule has 1 aromatic carbocycles. The molecule has 0 aliphatic carbocycles. The van der Waals surface area contributed by atoms with Gasteiger partial charge in [0.15, 0.2) is 0 Å². The van der Waals surface area contributed by atoms with E-state index in [4.69, 9.17) is 23.1 Å². The molecule has 0 saturated heterocycles. The van der Waals surface area contributed by atoms with Gasteiger partial charge in [0.1, 0.15) is 0 Å². The first-order valence-electron chi connectivity index (χ1n) is 5.64. The van der Waals surface area contributed by atoms with E-state index in [1.54, 1.807) is 12.2 Å². The van der Waals surface area contributed by atoms with Gasteiger partial charge in [0.2, 0.25) is 5.88 Å². The molecule has 19 heavy (non-hydrogen) atoms. The van der Waals surface area contributed by atoms with Gasteiger partial charge in [-0.05, 0) is 11.6 Å². The summed E-state index contributed by atoms with van der Waals surface area (Å²) in [6.07, 6.45) is 4.56. The van der Waals surface area contributed by atoms with Crippen molar-refractivity contribution in [3.63, 3.8) is 0 Å². The number of rotatable bonds is 6. The molecule has 1 aromatic rings. The highest BCUT2D eigenvalue weighted by Crippen LogP contribution is 2.22. The van der Waals surface area contributed by atoms with Gasteiger partial charge in [-0.1, -0.05) is 49.7 Å². The highest BCUT2D eigenvalue weighted by Gasteiger charge is 2.05. The first-order valence-corrected chi connectivity index (χ1v) is 6.05. The van der Waals surface area contributed by atoms with Crippen LogP contribution in [0.1, 0.15) is 11.1 Å². The summed E-state index contributed by atoms with van der Waals surface area (Å²) in [6, 6.07) is 5.74. The summed E-state index contributed by atoms with van der Waals surface area (Å²) in [5.41, 5.74) is 7.88. The molecule has 5 heteroatoms. The van der Waals surface area contributed by atoms with E-state index in [1.807, 2.05) is 18.2 Å². The first-order chi connectivity index (χ1) is 9.12. The quantitative estimate of drug-likeness (QED) is 0.474. The Morgan fingerprint density at radius 1 is 1.37 bits per heavy atom. The lowest BCUT2D eigenvalue weighted by Crippen LogP contribution is -2.26. The second kappa shape index (κ2) is 7.23. The summed E-state index contributed by atoms with van der Waals surface area (Å²) in [5.74, 6) is -0.118. The minimum atomic E-state index is -0.118. The zero-order chi connectivity index (χ0) is 14.3. The van der Waals surface area contributed by atoms with Gasteiger partial charge < -0.3 is 21.5 Å². The lowest BCUT2D eigenvalue weighted by Gasteiger charge is -2.13. The average Bonchev–Trinajstić information content (AvgIpc) is 2.44. The maximum Gasteiger partial charge on any atom is 0.200 e. The van der Waals surface area contributed by atoms with Crippen LogP contribution in [0.5, 0.6) is 0 Å². The maximum atomic E-state index is 9.16. The van der Waals surface area contributed by atoms with Crippen molar-refractivity contribution in [2.45, 2.75) is 0 Å². The molecule has 0 atom stereocenters. The highest BCUT2D eigenvalue weighted by atomic mass is 32.1. The average molecular weight is 275 g/mol. The fraction of sp³-hybridized carbons (Fsp3) is 0.0714. The second-order valence-electron chi connectivity index (χ2n) is 3.67. The molecule has 4 nitrogen and oxygen atoms in total. The van der Waals surface area contributed by atoms with Crippen molar-refractivity contribution < 1.29 is 5.11 Å². The molecular weight excluding hydrogens is 258 g/mol. The van der Waals surface area contributed by atoms with Crippen LogP contribution in [0.2, 0.25) is 0 Å². The Morgan fingerprint density at radius 3 is 2.68 bits per heavy atom. The predicted molar refractivity (Wildman–Crippen MR) is 85.7 cm³/mol. The smallest absolute Gasteiger partial charge is 0.200 e. The predicted octanol–water partition coefficient (Wildman–Crippen LogP) is 2.62. The van der Waals surface area contributed by atoms with Gasteiger partial charge in [-0.15, -0.1) is 0 Å². The molecular formula is C14H17N3OS. The molecule has 0 fully saturated rings. The third kappa shape index (κ3) is 4.15.